The topological polar surface area (TPSA) is 116 Å². The SMILES string of the molecule is COC1=C(CCNC(=O)c2ccc(Oc3cc4c(cc3Cl)C(C(=O)O)CCO4)cc2)C=NC2(OC)C(C)C12. The van der Waals surface area contributed by atoms with Crippen molar-refractivity contribution < 1.29 is 33.6 Å². The van der Waals surface area contributed by atoms with E-state index in [2.05, 4.69) is 17.2 Å². The van der Waals surface area contributed by atoms with E-state index in [4.69, 9.17) is 30.5 Å². The maximum Gasteiger partial charge on any atom is 0.311 e. The number of carbonyl (C=O) groups excluding carboxylic acids is 1. The van der Waals surface area contributed by atoms with Crippen LogP contribution in [0.1, 0.15) is 41.6 Å². The Morgan fingerprint density at radius 1 is 1.24 bits per heavy atom. The number of methoxy groups -OCH3 is 2. The number of nitrogens with one attached hydrogen (secondary N) is 1. The lowest BCUT2D eigenvalue weighted by molar-refractivity contribution is -0.139. The number of aliphatic carboxylic acids is 1. The Labute approximate surface area is 225 Å². The zero-order valence-electron chi connectivity index (χ0n) is 21.3. The molecule has 2 aromatic rings. The van der Waals surface area contributed by atoms with Crippen molar-refractivity contribution in [2.75, 3.05) is 27.4 Å². The Hall–Kier alpha value is -3.56. The molecule has 1 aliphatic carbocycles. The van der Waals surface area contributed by atoms with Crippen LogP contribution in [0.25, 0.3) is 0 Å². The summed E-state index contributed by atoms with van der Waals surface area (Å²) in [6.45, 7) is 2.82. The van der Waals surface area contributed by atoms with E-state index < -0.39 is 17.6 Å². The van der Waals surface area contributed by atoms with Crippen LogP contribution in [0.15, 0.2) is 52.7 Å². The van der Waals surface area contributed by atoms with Crippen LogP contribution in [0.2, 0.25) is 5.02 Å². The second kappa shape index (κ2) is 10.3. The minimum Gasteiger partial charge on any atom is -0.500 e. The van der Waals surface area contributed by atoms with Crippen molar-refractivity contribution in [3.05, 3.63) is 63.9 Å². The molecule has 38 heavy (non-hydrogen) atoms. The minimum atomic E-state index is -0.915. The highest BCUT2D eigenvalue weighted by Gasteiger charge is 2.67. The van der Waals surface area contributed by atoms with Gasteiger partial charge in [0, 0.05) is 48.6 Å². The number of dihydropyridines is 1. The molecule has 2 aliphatic heterocycles. The summed E-state index contributed by atoms with van der Waals surface area (Å²) in [6, 6.07) is 9.84. The van der Waals surface area contributed by atoms with E-state index in [-0.39, 0.29) is 22.8 Å². The van der Waals surface area contributed by atoms with Gasteiger partial charge in [0.2, 0.25) is 0 Å². The third-order valence-electron chi connectivity index (χ3n) is 7.48. The van der Waals surface area contributed by atoms with Gasteiger partial charge in [-0.05, 0) is 43.2 Å². The average Bonchev–Trinajstić information content (AvgIpc) is 3.53. The number of fused-ring (bicyclic) bond motifs is 2. The number of benzene rings is 2. The van der Waals surface area contributed by atoms with Gasteiger partial charge < -0.3 is 29.4 Å². The molecule has 1 amide bonds. The summed E-state index contributed by atoms with van der Waals surface area (Å²) in [4.78, 5) is 28.8. The first-order valence-corrected chi connectivity index (χ1v) is 12.8. The molecule has 2 heterocycles. The predicted octanol–water partition coefficient (Wildman–Crippen LogP) is 4.80. The predicted molar refractivity (Wildman–Crippen MR) is 140 cm³/mol. The van der Waals surface area contributed by atoms with Crippen molar-refractivity contribution >= 4 is 29.7 Å². The molecule has 5 rings (SSSR count). The monoisotopic (exact) mass is 540 g/mol. The van der Waals surface area contributed by atoms with Crippen LogP contribution in [-0.2, 0) is 14.3 Å². The quantitative estimate of drug-likeness (QED) is 0.469. The number of ether oxygens (including phenoxy) is 4. The van der Waals surface area contributed by atoms with Crippen molar-refractivity contribution in [3.63, 3.8) is 0 Å². The Bertz CT molecular complexity index is 1320. The van der Waals surface area contributed by atoms with Crippen molar-refractivity contribution in [2.24, 2.45) is 16.8 Å². The highest BCUT2D eigenvalue weighted by molar-refractivity contribution is 6.32. The second-order valence-corrected chi connectivity index (χ2v) is 9.96. The van der Waals surface area contributed by atoms with Crippen LogP contribution >= 0.6 is 11.6 Å². The summed E-state index contributed by atoms with van der Waals surface area (Å²) >= 11 is 6.37. The van der Waals surface area contributed by atoms with Crippen LogP contribution in [0.3, 0.4) is 0 Å². The molecule has 2 N–H and O–H groups in total. The van der Waals surface area contributed by atoms with Gasteiger partial charge >= 0.3 is 5.97 Å². The number of aliphatic imine (C=N–C) groups is 1. The van der Waals surface area contributed by atoms with E-state index in [0.717, 1.165) is 11.3 Å². The van der Waals surface area contributed by atoms with Crippen molar-refractivity contribution in [2.45, 2.75) is 31.4 Å². The minimum absolute atomic E-state index is 0.106. The van der Waals surface area contributed by atoms with Gasteiger partial charge in [0.1, 0.15) is 23.0 Å². The number of halogens is 1. The fraction of sp³-hybridized carbons (Fsp3) is 0.393. The number of carboxylic acid groups (broad SMARTS) is 1. The highest BCUT2D eigenvalue weighted by Crippen LogP contribution is 2.60. The van der Waals surface area contributed by atoms with E-state index in [1.165, 1.54) is 0 Å². The van der Waals surface area contributed by atoms with Gasteiger partial charge in [-0.15, -0.1) is 0 Å². The van der Waals surface area contributed by atoms with Crippen LogP contribution in [0.4, 0.5) is 0 Å². The largest absolute Gasteiger partial charge is 0.500 e. The Morgan fingerprint density at radius 2 is 2.00 bits per heavy atom. The molecule has 3 aliphatic rings. The molecule has 200 valence electrons. The van der Waals surface area contributed by atoms with E-state index in [9.17, 15) is 14.7 Å². The lowest BCUT2D eigenvalue weighted by Crippen LogP contribution is -2.26. The lowest BCUT2D eigenvalue weighted by atomic mass is 9.93. The van der Waals surface area contributed by atoms with Gasteiger partial charge in [0.05, 0.1) is 30.6 Å². The number of rotatable bonds is 9. The van der Waals surface area contributed by atoms with E-state index in [1.807, 2.05) is 0 Å². The molecule has 0 saturated heterocycles. The van der Waals surface area contributed by atoms with Crippen molar-refractivity contribution in [3.8, 4) is 17.2 Å². The first kappa shape index (κ1) is 26.1. The summed E-state index contributed by atoms with van der Waals surface area (Å²) < 4.78 is 22.8. The second-order valence-electron chi connectivity index (χ2n) is 9.55. The number of hydrogen-bond donors (Lipinski definition) is 2. The summed E-state index contributed by atoms with van der Waals surface area (Å²) in [5.41, 5.74) is 1.46. The van der Waals surface area contributed by atoms with Gasteiger partial charge in [-0.3, -0.25) is 14.6 Å². The highest BCUT2D eigenvalue weighted by atomic mass is 35.5. The molecule has 4 unspecified atom stereocenters. The van der Waals surface area contributed by atoms with Crippen molar-refractivity contribution in [1.29, 1.82) is 0 Å². The zero-order valence-corrected chi connectivity index (χ0v) is 22.1. The Kier molecular flexibility index (Phi) is 7.07. The number of hydrogen-bond acceptors (Lipinski definition) is 7. The number of nitrogens with zero attached hydrogens (tertiary/aromatic N) is 1. The normalized spacial score (nSPS) is 25.1. The van der Waals surface area contributed by atoms with Crippen LogP contribution in [-0.4, -0.2) is 56.3 Å². The standard InChI is InChI=1S/C28H29ClN2O7/c1-15-24-25(35-2)17(14-31-28(15,24)36-3)8-10-30-26(32)16-4-6-18(7-5-16)38-23-13-22-20(12-21(23)29)19(27(33)34)9-11-37-22/h4-7,12-15,19,24H,8-11H2,1-3H3,(H,30,32)(H,33,34). The smallest absolute Gasteiger partial charge is 0.311 e. The fourth-order valence-corrected chi connectivity index (χ4v) is 5.53. The van der Waals surface area contributed by atoms with Gasteiger partial charge in [-0.1, -0.05) is 18.5 Å². The summed E-state index contributed by atoms with van der Waals surface area (Å²) in [7, 11) is 3.31. The van der Waals surface area contributed by atoms with E-state index >= 15 is 0 Å². The summed E-state index contributed by atoms with van der Waals surface area (Å²) in [6.07, 6.45) is 2.76. The molecule has 1 fully saturated rings. The average molecular weight is 541 g/mol. The van der Waals surface area contributed by atoms with E-state index in [0.29, 0.717) is 54.4 Å². The molecule has 0 bridgehead atoms. The maximum absolute atomic E-state index is 12.7. The summed E-state index contributed by atoms with van der Waals surface area (Å²) in [5, 5.41) is 12.7. The lowest BCUT2D eigenvalue weighted by Gasteiger charge is -2.24. The maximum atomic E-state index is 12.7. The third-order valence-corrected chi connectivity index (χ3v) is 7.78. The van der Waals surface area contributed by atoms with Gasteiger partial charge in [-0.2, -0.15) is 0 Å². The van der Waals surface area contributed by atoms with E-state index in [1.54, 1.807) is 56.8 Å². The first-order chi connectivity index (χ1) is 18.3. The molecule has 2 aromatic carbocycles. The molecular formula is C28H29ClN2O7. The molecule has 10 heteroatoms. The van der Waals surface area contributed by atoms with Crippen LogP contribution < -0.4 is 14.8 Å². The third kappa shape index (κ3) is 4.61. The van der Waals surface area contributed by atoms with Gasteiger partial charge in [-0.25, -0.2) is 0 Å². The molecule has 0 aromatic heterocycles. The number of carboxylic acids is 1. The molecule has 0 spiro atoms. The number of carbonyl (C=O) groups is 2. The number of amides is 1. The molecular weight excluding hydrogens is 512 g/mol. The Balaban J connectivity index is 1.19. The summed E-state index contributed by atoms with van der Waals surface area (Å²) in [5.74, 6) is 0.687. The molecule has 0 radical (unpaired) electrons. The van der Waals surface area contributed by atoms with Crippen LogP contribution in [0.5, 0.6) is 17.2 Å². The zero-order chi connectivity index (χ0) is 27.0. The molecule has 9 nitrogen and oxygen atoms in total. The van der Waals surface area contributed by atoms with Gasteiger partial charge in [0.15, 0.2) is 5.72 Å². The van der Waals surface area contributed by atoms with Crippen LogP contribution in [0, 0.1) is 11.8 Å². The van der Waals surface area contributed by atoms with Gasteiger partial charge in [0.25, 0.3) is 5.91 Å². The first-order valence-electron chi connectivity index (χ1n) is 12.4. The van der Waals surface area contributed by atoms with Crippen molar-refractivity contribution in [1.82, 2.24) is 5.32 Å². The Morgan fingerprint density at radius 3 is 2.68 bits per heavy atom. The molecule has 1 saturated carbocycles. The molecule has 4 atom stereocenters. The fourth-order valence-electron chi connectivity index (χ4n) is 5.32.